The van der Waals surface area contributed by atoms with Crippen LogP contribution in [-0.2, 0) is 0 Å². The molecule has 1 aromatic heterocycles. The lowest BCUT2D eigenvalue weighted by molar-refractivity contribution is 0.0922. The van der Waals surface area contributed by atoms with E-state index < -0.39 is 23.6 Å². The fourth-order valence-corrected chi connectivity index (χ4v) is 3.03. The summed E-state index contributed by atoms with van der Waals surface area (Å²) in [5.41, 5.74) is 0.707. The Hall–Kier alpha value is -3.00. The van der Waals surface area contributed by atoms with Crippen molar-refractivity contribution in [2.45, 2.75) is 6.04 Å². The van der Waals surface area contributed by atoms with Gasteiger partial charge in [-0.25, -0.2) is 13.5 Å². The molecule has 1 amide bonds. The zero-order valence-corrected chi connectivity index (χ0v) is 13.9. The Balaban J connectivity index is 1.63. The van der Waals surface area contributed by atoms with Gasteiger partial charge >= 0.3 is 0 Å². The maximum atomic E-state index is 14.1. The Bertz CT molecular complexity index is 1010. The van der Waals surface area contributed by atoms with Gasteiger partial charge in [0, 0.05) is 12.1 Å². The third-order valence-electron chi connectivity index (χ3n) is 3.98. The number of ether oxygens (including phenoxy) is 1. The molecule has 1 atom stereocenters. The maximum Gasteiger partial charge on any atom is 0.272 e. The van der Waals surface area contributed by atoms with E-state index in [-0.39, 0.29) is 23.6 Å². The molecule has 6 nitrogen and oxygen atoms in total. The molecule has 0 radical (unpaired) electrons. The Morgan fingerprint density at radius 2 is 2.12 bits per heavy atom. The Kier molecular flexibility index (Phi) is 4.04. The van der Waals surface area contributed by atoms with Gasteiger partial charge in [0.15, 0.2) is 5.69 Å². The number of aromatic nitrogens is 3. The number of carbonyl (C=O) groups is 1. The minimum absolute atomic E-state index is 0.00486. The van der Waals surface area contributed by atoms with Crippen molar-refractivity contribution in [3.8, 4) is 11.4 Å². The van der Waals surface area contributed by atoms with Crippen molar-refractivity contribution in [3.05, 3.63) is 70.5 Å². The highest BCUT2D eigenvalue weighted by Gasteiger charge is 2.31. The van der Waals surface area contributed by atoms with E-state index in [2.05, 4.69) is 15.6 Å². The first kappa shape index (κ1) is 16.5. The lowest BCUT2D eigenvalue weighted by Gasteiger charge is -2.13. The SMILES string of the molecule is O=C(NC1COc2cc(F)cc(F)c21)c1cnnn1-c1ccccc1Cl. The van der Waals surface area contributed by atoms with Gasteiger partial charge in [0.2, 0.25) is 0 Å². The van der Waals surface area contributed by atoms with Crippen LogP contribution in [0.1, 0.15) is 22.1 Å². The second-order valence-electron chi connectivity index (χ2n) is 5.62. The van der Waals surface area contributed by atoms with Crippen LogP contribution in [0.3, 0.4) is 0 Å². The normalized spacial score (nSPS) is 15.4. The van der Waals surface area contributed by atoms with E-state index in [0.29, 0.717) is 10.7 Å². The number of rotatable bonds is 3. The molecule has 1 aliphatic heterocycles. The fraction of sp³-hybridized carbons (Fsp3) is 0.118. The van der Waals surface area contributed by atoms with Gasteiger partial charge < -0.3 is 10.1 Å². The predicted octanol–water partition coefficient (Wildman–Crippen LogP) is 3.06. The standard InChI is InChI=1S/C17H11ClF2N4O2/c18-10-3-1-2-4-13(10)24-14(7-21-23-24)17(25)22-12-8-26-15-6-9(19)5-11(20)16(12)15/h1-7,12H,8H2,(H,22,25). The van der Waals surface area contributed by atoms with Crippen LogP contribution >= 0.6 is 11.6 Å². The molecular formula is C17H11ClF2N4O2. The highest BCUT2D eigenvalue weighted by molar-refractivity contribution is 6.32. The molecule has 0 spiro atoms. The number of fused-ring (bicyclic) bond motifs is 1. The monoisotopic (exact) mass is 376 g/mol. The number of nitrogens with one attached hydrogen (secondary N) is 1. The van der Waals surface area contributed by atoms with Gasteiger partial charge in [0.25, 0.3) is 5.91 Å². The predicted molar refractivity (Wildman–Crippen MR) is 88.4 cm³/mol. The van der Waals surface area contributed by atoms with E-state index >= 15 is 0 Å². The topological polar surface area (TPSA) is 69.0 Å². The number of carbonyl (C=O) groups excluding carboxylic acids is 1. The third kappa shape index (κ3) is 2.78. The lowest BCUT2D eigenvalue weighted by atomic mass is 10.1. The van der Waals surface area contributed by atoms with Crippen molar-refractivity contribution < 1.29 is 18.3 Å². The van der Waals surface area contributed by atoms with E-state index in [1.54, 1.807) is 24.3 Å². The van der Waals surface area contributed by atoms with Crippen molar-refractivity contribution >= 4 is 17.5 Å². The molecule has 3 aromatic rings. The average Bonchev–Trinajstić information content (AvgIpc) is 3.22. The molecule has 0 saturated heterocycles. The minimum atomic E-state index is -0.777. The van der Waals surface area contributed by atoms with Gasteiger partial charge in [-0.2, -0.15) is 0 Å². The smallest absolute Gasteiger partial charge is 0.272 e. The van der Waals surface area contributed by atoms with Crippen LogP contribution in [0.25, 0.3) is 5.69 Å². The van der Waals surface area contributed by atoms with Crippen molar-refractivity contribution in [3.63, 3.8) is 0 Å². The summed E-state index contributed by atoms with van der Waals surface area (Å²) >= 11 is 6.14. The summed E-state index contributed by atoms with van der Waals surface area (Å²) in [4.78, 5) is 12.6. The summed E-state index contributed by atoms with van der Waals surface area (Å²) < 4.78 is 33.9. The molecule has 1 N–H and O–H groups in total. The molecule has 4 rings (SSSR count). The first-order valence-electron chi connectivity index (χ1n) is 7.63. The van der Waals surface area contributed by atoms with Crippen LogP contribution in [0, 0.1) is 11.6 Å². The first-order valence-corrected chi connectivity index (χ1v) is 8.00. The Labute approximate surface area is 151 Å². The zero-order chi connectivity index (χ0) is 18.3. The minimum Gasteiger partial charge on any atom is -0.490 e. The molecule has 0 aliphatic carbocycles. The summed E-state index contributed by atoms with van der Waals surface area (Å²) in [6.07, 6.45) is 1.27. The van der Waals surface area contributed by atoms with Gasteiger partial charge in [-0.3, -0.25) is 4.79 Å². The van der Waals surface area contributed by atoms with Crippen LogP contribution in [-0.4, -0.2) is 27.5 Å². The van der Waals surface area contributed by atoms with Gasteiger partial charge in [-0.1, -0.05) is 28.9 Å². The molecule has 1 unspecified atom stereocenters. The summed E-state index contributed by atoms with van der Waals surface area (Å²) in [5.74, 6) is -1.99. The van der Waals surface area contributed by atoms with E-state index in [0.717, 1.165) is 12.1 Å². The Morgan fingerprint density at radius 1 is 1.31 bits per heavy atom. The van der Waals surface area contributed by atoms with Gasteiger partial charge in [0.05, 0.1) is 28.5 Å². The molecule has 132 valence electrons. The molecule has 2 heterocycles. The number of amides is 1. The van der Waals surface area contributed by atoms with Crippen LogP contribution in [0.2, 0.25) is 5.02 Å². The number of nitrogens with zero attached hydrogens (tertiary/aromatic N) is 3. The average molecular weight is 377 g/mol. The van der Waals surface area contributed by atoms with E-state index in [1.165, 1.54) is 10.9 Å². The number of benzene rings is 2. The molecule has 2 aromatic carbocycles. The second kappa shape index (κ2) is 6.38. The van der Waals surface area contributed by atoms with Crippen LogP contribution in [0.15, 0.2) is 42.6 Å². The molecular weight excluding hydrogens is 366 g/mol. The molecule has 26 heavy (non-hydrogen) atoms. The summed E-state index contributed by atoms with van der Waals surface area (Å²) in [7, 11) is 0. The molecule has 9 heteroatoms. The number of hydrogen-bond donors (Lipinski definition) is 1. The molecule has 1 aliphatic rings. The lowest BCUT2D eigenvalue weighted by Crippen LogP contribution is -2.31. The van der Waals surface area contributed by atoms with Gasteiger partial charge in [-0.15, -0.1) is 5.10 Å². The van der Waals surface area contributed by atoms with Crippen LogP contribution in [0.4, 0.5) is 8.78 Å². The maximum absolute atomic E-state index is 14.1. The molecule has 0 fully saturated rings. The number of para-hydroxylation sites is 1. The van der Waals surface area contributed by atoms with E-state index in [1.807, 2.05) is 0 Å². The summed E-state index contributed by atoms with van der Waals surface area (Å²) in [6.45, 7) is -0.00486. The zero-order valence-electron chi connectivity index (χ0n) is 13.1. The second-order valence-corrected chi connectivity index (χ2v) is 6.03. The number of halogens is 3. The fourth-order valence-electron chi connectivity index (χ4n) is 2.81. The highest BCUT2D eigenvalue weighted by Crippen LogP contribution is 2.35. The summed E-state index contributed by atoms with van der Waals surface area (Å²) in [6, 6.07) is 7.91. The van der Waals surface area contributed by atoms with Crippen LogP contribution < -0.4 is 10.1 Å². The van der Waals surface area contributed by atoms with Crippen molar-refractivity contribution in [2.24, 2.45) is 0 Å². The van der Waals surface area contributed by atoms with E-state index in [9.17, 15) is 13.6 Å². The quantitative estimate of drug-likeness (QED) is 0.762. The van der Waals surface area contributed by atoms with Crippen molar-refractivity contribution in [1.82, 2.24) is 20.3 Å². The molecule has 0 saturated carbocycles. The van der Waals surface area contributed by atoms with Gasteiger partial charge in [0.1, 0.15) is 24.0 Å². The van der Waals surface area contributed by atoms with Crippen molar-refractivity contribution in [1.29, 1.82) is 0 Å². The largest absolute Gasteiger partial charge is 0.490 e. The number of hydrogen-bond acceptors (Lipinski definition) is 4. The third-order valence-corrected chi connectivity index (χ3v) is 4.30. The Morgan fingerprint density at radius 3 is 2.92 bits per heavy atom. The van der Waals surface area contributed by atoms with Crippen molar-refractivity contribution in [2.75, 3.05) is 6.61 Å². The molecule has 0 bridgehead atoms. The first-order chi connectivity index (χ1) is 12.5. The highest BCUT2D eigenvalue weighted by atomic mass is 35.5. The van der Waals surface area contributed by atoms with Gasteiger partial charge in [-0.05, 0) is 12.1 Å². The summed E-state index contributed by atoms with van der Waals surface area (Å²) in [5, 5.41) is 10.7. The van der Waals surface area contributed by atoms with Crippen LogP contribution in [0.5, 0.6) is 5.75 Å². The van der Waals surface area contributed by atoms with E-state index in [4.69, 9.17) is 16.3 Å².